The van der Waals surface area contributed by atoms with Crippen molar-refractivity contribution in [2.45, 2.75) is 19.8 Å². The first-order chi connectivity index (χ1) is 10.6. The van der Waals surface area contributed by atoms with E-state index in [0.717, 1.165) is 11.3 Å². The first-order valence-corrected chi connectivity index (χ1v) is 7.03. The summed E-state index contributed by atoms with van der Waals surface area (Å²) in [7, 11) is 1.31. The third-order valence-corrected chi connectivity index (χ3v) is 3.26. The zero-order chi connectivity index (χ0) is 15.9. The summed E-state index contributed by atoms with van der Waals surface area (Å²) in [5.74, 6) is 0.962. The van der Waals surface area contributed by atoms with Crippen molar-refractivity contribution in [1.82, 2.24) is 0 Å². The number of para-hydroxylation sites is 1. The van der Waals surface area contributed by atoms with Crippen molar-refractivity contribution in [2.75, 3.05) is 7.11 Å². The summed E-state index contributed by atoms with van der Waals surface area (Å²) in [6.45, 7) is 1.85. The van der Waals surface area contributed by atoms with Gasteiger partial charge >= 0.3 is 5.97 Å². The minimum atomic E-state index is -0.380. The molecule has 2 rings (SSSR count). The summed E-state index contributed by atoms with van der Waals surface area (Å²) in [6, 6.07) is 14.7. The van der Waals surface area contributed by atoms with Crippen LogP contribution in [-0.2, 0) is 9.53 Å². The number of methoxy groups -OCH3 is 1. The molecule has 0 aliphatic heterocycles. The van der Waals surface area contributed by atoms with Crippen LogP contribution in [0.4, 0.5) is 0 Å². The van der Waals surface area contributed by atoms with E-state index in [4.69, 9.17) is 4.74 Å². The van der Waals surface area contributed by atoms with E-state index in [1.807, 2.05) is 43.3 Å². The highest BCUT2D eigenvalue weighted by atomic mass is 16.5. The van der Waals surface area contributed by atoms with Gasteiger partial charge in [-0.25, -0.2) is 0 Å². The first kappa shape index (κ1) is 15.8. The number of esters is 1. The van der Waals surface area contributed by atoms with Gasteiger partial charge in [-0.1, -0.05) is 18.2 Å². The van der Waals surface area contributed by atoms with E-state index in [2.05, 4.69) is 4.74 Å². The van der Waals surface area contributed by atoms with E-state index < -0.39 is 0 Å². The highest BCUT2D eigenvalue weighted by Crippen LogP contribution is 2.24. The molecule has 2 aromatic rings. The first-order valence-electron chi connectivity index (χ1n) is 7.03. The lowest BCUT2D eigenvalue weighted by Crippen LogP contribution is -2.07. The Bertz CT molecular complexity index is 662. The quantitative estimate of drug-likeness (QED) is 0.599. The number of carbonyl (C=O) groups is 2. The standard InChI is InChI=1S/C18H18O4/c1-13-12-15(22-14-6-4-3-5-7-14)8-9-16(13)17(19)10-11-18(20)21-2/h3-9,12H,10-11H2,1-2H3. The minimum Gasteiger partial charge on any atom is -0.469 e. The van der Waals surface area contributed by atoms with Crippen LogP contribution in [0.2, 0.25) is 0 Å². The van der Waals surface area contributed by atoms with Crippen LogP contribution >= 0.6 is 0 Å². The van der Waals surface area contributed by atoms with Gasteiger partial charge in [-0.2, -0.15) is 0 Å². The Labute approximate surface area is 129 Å². The lowest BCUT2D eigenvalue weighted by atomic mass is 10.0. The van der Waals surface area contributed by atoms with Gasteiger partial charge < -0.3 is 9.47 Å². The van der Waals surface area contributed by atoms with Crippen molar-refractivity contribution in [3.8, 4) is 11.5 Å². The van der Waals surface area contributed by atoms with Gasteiger partial charge in [0.1, 0.15) is 11.5 Å². The minimum absolute atomic E-state index is 0.0749. The van der Waals surface area contributed by atoms with Crippen LogP contribution in [0, 0.1) is 6.92 Å². The zero-order valence-electron chi connectivity index (χ0n) is 12.7. The van der Waals surface area contributed by atoms with Crippen molar-refractivity contribution in [3.05, 3.63) is 59.7 Å². The molecule has 0 atom stereocenters. The Morgan fingerprint density at radius 3 is 2.32 bits per heavy atom. The van der Waals surface area contributed by atoms with Gasteiger partial charge in [0.05, 0.1) is 13.5 Å². The second-order valence-electron chi connectivity index (χ2n) is 4.89. The molecule has 0 amide bonds. The Balaban J connectivity index is 2.06. The van der Waals surface area contributed by atoms with E-state index in [1.54, 1.807) is 12.1 Å². The number of aryl methyl sites for hydroxylation is 1. The Hall–Kier alpha value is -2.62. The molecule has 4 nitrogen and oxygen atoms in total. The molecule has 0 N–H and O–H groups in total. The topological polar surface area (TPSA) is 52.6 Å². The number of hydrogen-bond acceptors (Lipinski definition) is 4. The van der Waals surface area contributed by atoms with Gasteiger partial charge in [-0.15, -0.1) is 0 Å². The molecule has 4 heteroatoms. The number of ketones is 1. The molecule has 0 aromatic heterocycles. The normalized spacial score (nSPS) is 10.1. The third kappa shape index (κ3) is 4.19. The van der Waals surface area contributed by atoms with Crippen molar-refractivity contribution in [3.63, 3.8) is 0 Å². The summed E-state index contributed by atoms with van der Waals surface area (Å²) in [4.78, 5) is 23.2. The van der Waals surface area contributed by atoms with Crippen LogP contribution in [0.1, 0.15) is 28.8 Å². The van der Waals surface area contributed by atoms with Crippen LogP contribution in [0.5, 0.6) is 11.5 Å². The van der Waals surface area contributed by atoms with Gasteiger partial charge in [0.15, 0.2) is 5.78 Å². The Kier molecular flexibility index (Phi) is 5.31. The number of hydrogen-bond donors (Lipinski definition) is 0. The molecule has 2 aromatic carbocycles. The molecule has 0 aliphatic rings. The molecule has 22 heavy (non-hydrogen) atoms. The maximum absolute atomic E-state index is 12.1. The van der Waals surface area contributed by atoms with Crippen LogP contribution in [0.25, 0.3) is 0 Å². The average Bonchev–Trinajstić information content (AvgIpc) is 2.53. The fraction of sp³-hybridized carbons (Fsp3) is 0.222. The van der Waals surface area contributed by atoms with Crippen molar-refractivity contribution >= 4 is 11.8 Å². The molecular weight excluding hydrogens is 280 g/mol. The van der Waals surface area contributed by atoms with Gasteiger partial charge in [0.25, 0.3) is 0 Å². The molecule has 0 saturated carbocycles. The molecule has 0 aliphatic carbocycles. The zero-order valence-corrected chi connectivity index (χ0v) is 12.7. The second kappa shape index (κ2) is 7.41. The second-order valence-corrected chi connectivity index (χ2v) is 4.89. The predicted molar refractivity (Wildman–Crippen MR) is 83.3 cm³/mol. The van der Waals surface area contributed by atoms with Crippen molar-refractivity contribution in [1.29, 1.82) is 0 Å². The molecule has 0 heterocycles. The smallest absolute Gasteiger partial charge is 0.305 e. The highest BCUT2D eigenvalue weighted by molar-refractivity contribution is 5.98. The number of Topliss-reactive ketones (excluding diaryl/α,β-unsaturated/α-hetero) is 1. The van der Waals surface area contributed by atoms with Crippen molar-refractivity contribution < 1.29 is 19.1 Å². The molecule has 114 valence electrons. The Morgan fingerprint density at radius 2 is 1.68 bits per heavy atom. The van der Waals surface area contributed by atoms with E-state index >= 15 is 0 Å². The van der Waals surface area contributed by atoms with E-state index in [-0.39, 0.29) is 24.6 Å². The molecule has 0 bridgehead atoms. The summed E-state index contributed by atoms with van der Waals surface area (Å²) in [6.07, 6.45) is 0.240. The lowest BCUT2D eigenvalue weighted by Gasteiger charge is -2.09. The summed E-state index contributed by atoms with van der Waals surface area (Å²) in [5.41, 5.74) is 1.42. The summed E-state index contributed by atoms with van der Waals surface area (Å²) in [5, 5.41) is 0. The number of ether oxygens (including phenoxy) is 2. The summed E-state index contributed by atoms with van der Waals surface area (Å²) < 4.78 is 10.3. The van der Waals surface area contributed by atoms with Gasteiger partial charge in [0.2, 0.25) is 0 Å². The molecular formula is C18H18O4. The molecule has 0 saturated heterocycles. The SMILES string of the molecule is COC(=O)CCC(=O)c1ccc(Oc2ccccc2)cc1C. The van der Waals surface area contributed by atoms with Gasteiger partial charge in [-0.05, 0) is 42.8 Å². The van der Waals surface area contributed by atoms with E-state index in [0.29, 0.717) is 11.3 Å². The average molecular weight is 298 g/mol. The number of rotatable bonds is 6. The van der Waals surface area contributed by atoms with Crippen LogP contribution in [0.3, 0.4) is 0 Å². The number of carbonyl (C=O) groups excluding carboxylic acids is 2. The summed E-state index contributed by atoms with van der Waals surface area (Å²) >= 11 is 0. The fourth-order valence-corrected chi connectivity index (χ4v) is 2.09. The van der Waals surface area contributed by atoms with Crippen LogP contribution in [0.15, 0.2) is 48.5 Å². The molecule has 0 fully saturated rings. The molecule has 0 unspecified atom stereocenters. The van der Waals surface area contributed by atoms with Gasteiger partial charge in [0, 0.05) is 12.0 Å². The molecule has 0 spiro atoms. The number of benzene rings is 2. The van der Waals surface area contributed by atoms with Crippen molar-refractivity contribution in [2.24, 2.45) is 0 Å². The maximum atomic E-state index is 12.1. The van der Waals surface area contributed by atoms with Crippen LogP contribution < -0.4 is 4.74 Å². The highest BCUT2D eigenvalue weighted by Gasteiger charge is 2.12. The lowest BCUT2D eigenvalue weighted by molar-refractivity contribution is -0.140. The molecule has 0 radical (unpaired) electrons. The third-order valence-electron chi connectivity index (χ3n) is 3.26. The van der Waals surface area contributed by atoms with E-state index in [9.17, 15) is 9.59 Å². The van der Waals surface area contributed by atoms with E-state index in [1.165, 1.54) is 7.11 Å². The monoisotopic (exact) mass is 298 g/mol. The van der Waals surface area contributed by atoms with Crippen LogP contribution in [-0.4, -0.2) is 18.9 Å². The Morgan fingerprint density at radius 1 is 0.955 bits per heavy atom. The largest absolute Gasteiger partial charge is 0.469 e. The van der Waals surface area contributed by atoms with Gasteiger partial charge in [-0.3, -0.25) is 9.59 Å². The maximum Gasteiger partial charge on any atom is 0.305 e. The fourth-order valence-electron chi connectivity index (χ4n) is 2.09. The predicted octanol–water partition coefficient (Wildman–Crippen LogP) is 3.92.